The van der Waals surface area contributed by atoms with E-state index < -0.39 is 0 Å². The maximum atomic E-state index is 11.8. The maximum Gasteiger partial charge on any atom is 0.243 e. The predicted molar refractivity (Wildman–Crippen MR) is 62.3 cm³/mol. The predicted octanol–water partition coefficient (Wildman–Crippen LogP) is 1.72. The molecule has 0 aliphatic carbocycles. The van der Waals surface area contributed by atoms with Gasteiger partial charge in [-0.1, -0.05) is 19.1 Å². The average Bonchev–Trinajstić information content (AvgIpc) is 2.70. The number of nitrogens with zero attached hydrogens (tertiary/aromatic N) is 1. The van der Waals surface area contributed by atoms with Crippen molar-refractivity contribution >= 4 is 11.6 Å². The highest BCUT2D eigenvalue weighted by Crippen LogP contribution is 2.29. The van der Waals surface area contributed by atoms with Crippen LogP contribution < -0.4 is 15.2 Å². The summed E-state index contributed by atoms with van der Waals surface area (Å²) in [6, 6.07) is 7.75. The zero-order chi connectivity index (χ0) is 11.5. The summed E-state index contributed by atoms with van der Waals surface area (Å²) < 4.78 is 5.24. The van der Waals surface area contributed by atoms with Crippen molar-refractivity contribution in [1.29, 1.82) is 0 Å². The van der Waals surface area contributed by atoms with Crippen LogP contribution in [-0.2, 0) is 4.79 Å². The normalized spacial score (nSPS) is 20.2. The van der Waals surface area contributed by atoms with Gasteiger partial charge in [0.2, 0.25) is 5.91 Å². The Labute approximate surface area is 95.2 Å². The molecule has 0 spiro atoms. The number of carbonyl (C=O) groups excluding carboxylic acids is 1. The highest BCUT2D eigenvalue weighted by Gasteiger charge is 2.30. The molecule has 2 rings (SSSR count). The summed E-state index contributed by atoms with van der Waals surface area (Å²) in [7, 11) is 1.61. The van der Waals surface area contributed by atoms with Crippen molar-refractivity contribution in [2.75, 3.05) is 12.1 Å². The first-order valence-electron chi connectivity index (χ1n) is 5.48. The molecule has 0 saturated carbocycles. The number of amides is 1. The molecule has 16 heavy (non-hydrogen) atoms. The third kappa shape index (κ3) is 1.88. The number of carbonyl (C=O) groups is 1. The molecule has 1 unspecified atom stereocenters. The first-order valence-corrected chi connectivity index (χ1v) is 5.48. The average molecular weight is 220 g/mol. The van der Waals surface area contributed by atoms with Gasteiger partial charge in [-0.05, 0) is 18.6 Å². The van der Waals surface area contributed by atoms with Gasteiger partial charge in [0, 0.05) is 12.5 Å². The van der Waals surface area contributed by atoms with Crippen LogP contribution in [0.25, 0.3) is 0 Å². The highest BCUT2D eigenvalue weighted by atomic mass is 16.5. The van der Waals surface area contributed by atoms with E-state index in [-0.39, 0.29) is 11.9 Å². The van der Waals surface area contributed by atoms with E-state index in [1.807, 2.05) is 24.3 Å². The van der Waals surface area contributed by atoms with E-state index in [2.05, 4.69) is 12.3 Å². The molecule has 1 aromatic rings. The lowest BCUT2D eigenvalue weighted by Crippen LogP contribution is -2.37. The number of para-hydroxylation sites is 2. The molecule has 0 radical (unpaired) electrons. The van der Waals surface area contributed by atoms with E-state index in [1.54, 1.807) is 12.1 Å². The molecule has 1 fully saturated rings. The molecular weight excluding hydrogens is 204 g/mol. The van der Waals surface area contributed by atoms with Gasteiger partial charge >= 0.3 is 0 Å². The number of hydrogen-bond acceptors (Lipinski definition) is 3. The van der Waals surface area contributed by atoms with Crippen molar-refractivity contribution in [3.8, 4) is 5.75 Å². The van der Waals surface area contributed by atoms with Crippen molar-refractivity contribution in [2.24, 2.45) is 0 Å². The minimum Gasteiger partial charge on any atom is -0.495 e. The number of methoxy groups -OCH3 is 1. The molecule has 1 N–H and O–H groups in total. The van der Waals surface area contributed by atoms with Crippen LogP contribution in [0, 0.1) is 0 Å². The summed E-state index contributed by atoms with van der Waals surface area (Å²) in [5.41, 5.74) is 3.97. The Balaban J connectivity index is 2.27. The van der Waals surface area contributed by atoms with Crippen LogP contribution >= 0.6 is 0 Å². The Kier molecular flexibility index (Phi) is 3.10. The fourth-order valence-electron chi connectivity index (χ4n) is 1.86. The zero-order valence-corrected chi connectivity index (χ0v) is 9.56. The lowest BCUT2D eigenvalue weighted by Gasteiger charge is -2.19. The first-order chi connectivity index (χ1) is 7.76. The summed E-state index contributed by atoms with van der Waals surface area (Å²) in [5, 5.41) is 1.59. The second kappa shape index (κ2) is 4.53. The van der Waals surface area contributed by atoms with Crippen molar-refractivity contribution < 1.29 is 9.53 Å². The summed E-state index contributed by atoms with van der Waals surface area (Å²) in [6.07, 6.45) is 1.49. The fraction of sp³-hybridized carbons (Fsp3) is 0.417. The summed E-state index contributed by atoms with van der Waals surface area (Å²) in [5.74, 6) is 0.802. The van der Waals surface area contributed by atoms with Crippen LogP contribution in [0.2, 0.25) is 0 Å². The van der Waals surface area contributed by atoms with Gasteiger partial charge < -0.3 is 4.74 Å². The second-order valence-corrected chi connectivity index (χ2v) is 3.84. The van der Waals surface area contributed by atoms with Gasteiger partial charge in [-0.2, -0.15) is 0 Å². The number of benzene rings is 1. The van der Waals surface area contributed by atoms with Crippen molar-refractivity contribution in [3.63, 3.8) is 0 Å². The van der Waals surface area contributed by atoms with Gasteiger partial charge in [-0.3, -0.25) is 4.79 Å². The molecule has 4 heteroatoms. The molecule has 1 saturated heterocycles. The molecule has 4 nitrogen and oxygen atoms in total. The smallest absolute Gasteiger partial charge is 0.243 e. The summed E-state index contributed by atoms with van der Waals surface area (Å²) in [4.78, 5) is 11.8. The van der Waals surface area contributed by atoms with Gasteiger partial charge in [0.1, 0.15) is 11.4 Å². The van der Waals surface area contributed by atoms with E-state index in [0.29, 0.717) is 12.2 Å². The van der Waals surface area contributed by atoms with Gasteiger partial charge in [-0.15, -0.1) is 0 Å². The number of rotatable bonds is 3. The monoisotopic (exact) mass is 220 g/mol. The maximum absolute atomic E-state index is 11.8. The molecule has 1 aliphatic rings. The molecular formula is C12H16N2O2. The second-order valence-electron chi connectivity index (χ2n) is 3.84. The molecule has 86 valence electrons. The van der Waals surface area contributed by atoms with E-state index in [1.165, 1.54) is 0 Å². The first kappa shape index (κ1) is 11.0. The van der Waals surface area contributed by atoms with E-state index in [0.717, 1.165) is 12.1 Å². The summed E-state index contributed by atoms with van der Waals surface area (Å²) >= 11 is 0. The van der Waals surface area contributed by atoms with Crippen molar-refractivity contribution in [3.05, 3.63) is 24.3 Å². The highest BCUT2D eigenvalue weighted by molar-refractivity contribution is 5.96. The molecule has 1 aromatic carbocycles. The van der Waals surface area contributed by atoms with Crippen LogP contribution in [0.1, 0.15) is 19.8 Å². The number of nitrogens with one attached hydrogen (secondary N) is 1. The van der Waals surface area contributed by atoms with E-state index in [9.17, 15) is 4.79 Å². The van der Waals surface area contributed by atoms with Gasteiger partial charge in [0.25, 0.3) is 0 Å². The number of hydrogen-bond donors (Lipinski definition) is 1. The van der Waals surface area contributed by atoms with E-state index in [4.69, 9.17) is 4.74 Å². The fourth-order valence-corrected chi connectivity index (χ4v) is 1.86. The van der Waals surface area contributed by atoms with Crippen molar-refractivity contribution in [1.82, 2.24) is 5.43 Å². The quantitative estimate of drug-likeness (QED) is 0.843. The third-order valence-corrected chi connectivity index (χ3v) is 2.80. The van der Waals surface area contributed by atoms with E-state index >= 15 is 0 Å². The molecule has 1 heterocycles. The molecule has 1 atom stereocenters. The van der Waals surface area contributed by atoms with Crippen LogP contribution in [0.5, 0.6) is 5.75 Å². The Bertz CT molecular complexity index is 392. The van der Waals surface area contributed by atoms with Crippen LogP contribution in [0.4, 0.5) is 5.69 Å². The largest absolute Gasteiger partial charge is 0.495 e. The Morgan fingerprint density at radius 1 is 1.50 bits per heavy atom. The number of hydrazine groups is 1. The number of ether oxygens (including phenoxy) is 1. The lowest BCUT2D eigenvalue weighted by atomic mass is 10.2. The Morgan fingerprint density at radius 2 is 2.25 bits per heavy atom. The topological polar surface area (TPSA) is 41.6 Å². The summed E-state index contributed by atoms with van der Waals surface area (Å²) in [6.45, 7) is 2.07. The molecule has 1 amide bonds. The van der Waals surface area contributed by atoms with Crippen LogP contribution in [-0.4, -0.2) is 19.1 Å². The van der Waals surface area contributed by atoms with Gasteiger partial charge in [0.05, 0.1) is 7.11 Å². The lowest BCUT2D eigenvalue weighted by molar-refractivity contribution is -0.117. The minimum atomic E-state index is 0.0938. The molecule has 1 aliphatic heterocycles. The SMILES string of the molecule is CCC1CC(=O)N(c2ccccc2OC)N1. The molecule has 0 bridgehead atoms. The van der Waals surface area contributed by atoms with Gasteiger partial charge in [-0.25, -0.2) is 10.4 Å². The van der Waals surface area contributed by atoms with Crippen LogP contribution in [0.15, 0.2) is 24.3 Å². The Hall–Kier alpha value is -1.55. The zero-order valence-electron chi connectivity index (χ0n) is 9.56. The standard InChI is InChI=1S/C12H16N2O2/c1-3-9-8-12(15)14(13-9)10-6-4-5-7-11(10)16-2/h4-7,9,13H,3,8H2,1-2H3. The third-order valence-electron chi connectivity index (χ3n) is 2.80. The number of anilines is 1. The molecule has 0 aromatic heterocycles. The van der Waals surface area contributed by atoms with Crippen LogP contribution in [0.3, 0.4) is 0 Å². The minimum absolute atomic E-state index is 0.0938. The van der Waals surface area contributed by atoms with Gasteiger partial charge in [0.15, 0.2) is 0 Å². The van der Waals surface area contributed by atoms with Crippen molar-refractivity contribution in [2.45, 2.75) is 25.8 Å². The Morgan fingerprint density at radius 3 is 2.88 bits per heavy atom.